The van der Waals surface area contributed by atoms with Crippen molar-refractivity contribution in [1.29, 1.82) is 0 Å². The lowest BCUT2D eigenvalue weighted by atomic mass is 10.1. The van der Waals surface area contributed by atoms with Crippen molar-refractivity contribution in [3.8, 4) is 5.75 Å². The molecule has 12 heavy (non-hydrogen) atoms. The smallest absolute Gasteiger partial charge is 0.123 e. The van der Waals surface area contributed by atoms with Crippen molar-refractivity contribution < 1.29 is 4.74 Å². The highest BCUT2D eigenvalue weighted by molar-refractivity contribution is 6.31. The molecule has 0 aliphatic heterocycles. The second-order valence-electron chi connectivity index (χ2n) is 2.67. The van der Waals surface area contributed by atoms with E-state index < -0.39 is 0 Å². The first-order chi connectivity index (χ1) is 5.79. The number of hydrogen-bond donors (Lipinski definition) is 0. The number of halogens is 1. The normalized spacial score (nSPS) is 9.92. The first kappa shape index (κ1) is 9.40. The number of methoxy groups -OCH3 is 1. The van der Waals surface area contributed by atoms with Crippen LogP contribution in [-0.2, 0) is 6.42 Å². The second kappa shape index (κ2) is 4.36. The Hall–Kier alpha value is -0.690. The van der Waals surface area contributed by atoms with Crippen LogP contribution in [0.2, 0.25) is 5.02 Å². The van der Waals surface area contributed by atoms with Crippen molar-refractivity contribution in [2.75, 3.05) is 7.11 Å². The quantitative estimate of drug-likeness (QED) is 0.701. The van der Waals surface area contributed by atoms with Crippen LogP contribution >= 0.6 is 11.6 Å². The van der Waals surface area contributed by atoms with E-state index in [-0.39, 0.29) is 0 Å². The average molecular weight is 185 g/mol. The predicted molar refractivity (Wildman–Crippen MR) is 52.0 cm³/mol. The molecule has 1 aromatic rings. The molecule has 0 spiro atoms. The van der Waals surface area contributed by atoms with E-state index in [0.717, 1.165) is 29.2 Å². The van der Waals surface area contributed by atoms with Crippen LogP contribution in [0, 0.1) is 0 Å². The van der Waals surface area contributed by atoms with Crippen LogP contribution in [0.3, 0.4) is 0 Å². The first-order valence-electron chi connectivity index (χ1n) is 4.11. The highest BCUT2D eigenvalue weighted by Crippen LogP contribution is 2.27. The summed E-state index contributed by atoms with van der Waals surface area (Å²) < 4.78 is 5.19. The van der Waals surface area contributed by atoms with Crippen molar-refractivity contribution in [2.24, 2.45) is 0 Å². The maximum absolute atomic E-state index is 6.01. The van der Waals surface area contributed by atoms with Gasteiger partial charge in [0.1, 0.15) is 5.75 Å². The Morgan fingerprint density at radius 1 is 1.42 bits per heavy atom. The summed E-state index contributed by atoms with van der Waals surface area (Å²) in [6.07, 6.45) is 2.06. The molecule has 0 bridgehead atoms. The molecule has 0 aliphatic carbocycles. The standard InChI is InChI=1S/C10H13ClO/c1-3-5-8-9(11)6-4-7-10(8)12-2/h4,6-7H,3,5H2,1-2H3. The van der Waals surface area contributed by atoms with E-state index in [9.17, 15) is 0 Å². The summed E-state index contributed by atoms with van der Waals surface area (Å²) >= 11 is 6.01. The highest BCUT2D eigenvalue weighted by Gasteiger charge is 2.04. The minimum atomic E-state index is 0.802. The summed E-state index contributed by atoms with van der Waals surface area (Å²) in [6, 6.07) is 5.74. The number of benzene rings is 1. The Morgan fingerprint density at radius 2 is 2.17 bits per heavy atom. The molecule has 66 valence electrons. The average Bonchev–Trinajstić information content (AvgIpc) is 2.09. The second-order valence-corrected chi connectivity index (χ2v) is 3.08. The van der Waals surface area contributed by atoms with E-state index in [0.29, 0.717) is 0 Å². The van der Waals surface area contributed by atoms with Crippen molar-refractivity contribution in [2.45, 2.75) is 19.8 Å². The molecule has 2 heteroatoms. The van der Waals surface area contributed by atoms with Crippen LogP contribution in [0.4, 0.5) is 0 Å². The maximum atomic E-state index is 6.01. The van der Waals surface area contributed by atoms with E-state index in [2.05, 4.69) is 6.92 Å². The number of ether oxygens (including phenoxy) is 1. The van der Waals surface area contributed by atoms with Gasteiger partial charge in [-0.25, -0.2) is 0 Å². The fraction of sp³-hybridized carbons (Fsp3) is 0.400. The molecule has 0 fully saturated rings. The Kier molecular flexibility index (Phi) is 3.42. The van der Waals surface area contributed by atoms with Crippen LogP contribution in [-0.4, -0.2) is 7.11 Å². The van der Waals surface area contributed by atoms with Gasteiger partial charge in [-0.3, -0.25) is 0 Å². The van der Waals surface area contributed by atoms with Crippen LogP contribution in [0.15, 0.2) is 18.2 Å². The Morgan fingerprint density at radius 3 is 2.75 bits per heavy atom. The van der Waals surface area contributed by atoms with Crippen molar-refractivity contribution in [3.63, 3.8) is 0 Å². The van der Waals surface area contributed by atoms with Gasteiger partial charge in [0.25, 0.3) is 0 Å². The predicted octanol–water partition coefficient (Wildman–Crippen LogP) is 3.30. The molecule has 0 heterocycles. The molecule has 0 aliphatic rings. The summed E-state index contributed by atoms with van der Waals surface area (Å²) in [5.74, 6) is 0.893. The molecule has 0 saturated carbocycles. The molecule has 0 saturated heterocycles. The molecule has 0 unspecified atom stereocenters. The third-order valence-electron chi connectivity index (χ3n) is 1.80. The van der Waals surface area contributed by atoms with Gasteiger partial charge in [-0.1, -0.05) is 31.0 Å². The number of hydrogen-bond acceptors (Lipinski definition) is 1. The largest absolute Gasteiger partial charge is 0.496 e. The number of rotatable bonds is 3. The van der Waals surface area contributed by atoms with Crippen molar-refractivity contribution in [3.05, 3.63) is 28.8 Å². The SMILES string of the molecule is CCCc1c(Cl)cccc1OC. The van der Waals surface area contributed by atoms with E-state index in [1.54, 1.807) is 7.11 Å². The Labute approximate surface area is 78.3 Å². The highest BCUT2D eigenvalue weighted by atomic mass is 35.5. The lowest BCUT2D eigenvalue weighted by Gasteiger charge is -2.08. The lowest BCUT2D eigenvalue weighted by Crippen LogP contribution is -1.92. The molecule has 0 atom stereocenters. The fourth-order valence-corrected chi connectivity index (χ4v) is 1.48. The van der Waals surface area contributed by atoms with Gasteiger partial charge in [0.2, 0.25) is 0 Å². The fourth-order valence-electron chi connectivity index (χ4n) is 1.22. The van der Waals surface area contributed by atoms with Gasteiger partial charge >= 0.3 is 0 Å². The third-order valence-corrected chi connectivity index (χ3v) is 2.15. The van der Waals surface area contributed by atoms with Crippen molar-refractivity contribution in [1.82, 2.24) is 0 Å². The molecule has 0 amide bonds. The zero-order valence-corrected chi connectivity index (χ0v) is 8.19. The molecule has 1 rings (SSSR count). The Balaban J connectivity index is 3.02. The molecule has 0 aromatic heterocycles. The maximum Gasteiger partial charge on any atom is 0.123 e. The molecule has 0 N–H and O–H groups in total. The topological polar surface area (TPSA) is 9.23 Å². The van der Waals surface area contributed by atoms with Gasteiger partial charge < -0.3 is 4.74 Å². The zero-order chi connectivity index (χ0) is 8.97. The zero-order valence-electron chi connectivity index (χ0n) is 7.43. The molecular formula is C10H13ClO. The van der Waals surface area contributed by atoms with Gasteiger partial charge in [-0.2, -0.15) is 0 Å². The first-order valence-corrected chi connectivity index (χ1v) is 4.48. The summed E-state index contributed by atoms with van der Waals surface area (Å²) in [4.78, 5) is 0. The van der Waals surface area contributed by atoms with E-state index >= 15 is 0 Å². The van der Waals surface area contributed by atoms with Gasteiger partial charge in [0.05, 0.1) is 7.11 Å². The summed E-state index contributed by atoms with van der Waals surface area (Å²) in [5.41, 5.74) is 1.11. The van der Waals surface area contributed by atoms with Crippen LogP contribution < -0.4 is 4.74 Å². The minimum Gasteiger partial charge on any atom is -0.496 e. The van der Waals surface area contributed by atoms with Gasteiger partial charge in [-0.15, -0.1) is 0 Å². The molecule has 1 nitrogen and oxygen atoms in total. The minimum absolute atomic E-state index is 0.802. The summed E-state index contributed by atoms with van der Waals surface area (Å²) in [7, 11) is 1.67. The van der Waals surface area contributed by atoms with Crippen molar-refractivity contribution >= 4 is 11.6 Å². The van der Waals surface area contributed by atoms with Crippen LogP contribution in [0.1, 0.15) is 18.9 Å². The lowest BCUT2D eigenvalue weighted by molar-refractivity contribution is 0.409. The monoisotopic (exact) mass is 184 g/mol. The van der Waals surface area contributed by atoms with Gasteiger partial charge in [-0.05, 0) is 18.6 Å². The molecular weight excluding hydrogens is 172 g/mol. The van der Waals surface area contributed by atoms with Gasteiger partial charge in [0.15, 0.2) is 0 Å². The summed E-state index contributed by atoms with van der Waals surface area (Å²) in [6.45, 7) is 2.13. The van der Waals surface area contributed by atoms with E-state index in [1.807, 2.05) is 18.2 Å². The van der Waals surface area contributed by atoms with E-state index in [4.69, 9.17) is 16.3 Å². The van der Waals surface area contributed by atoms with E-state index in [1.165, 1.54) is 0 Å². The van der Waals surface area contributed by atoms with Crippen LogP contribution in [0.5, 0.6) is 5.75 Å². The third kappa shape index (κ3) is 1.92. The Bertz CT molecular complexity index is 258. The van der Waals surface area contributed by atoms with Gasteiger partial charge in [0, 0.05) is 10.6 Å². The molecule has 0 radical (unpaired) electrons. The molecule has 1 aromatic carbocycles. The summed E-state index contributed by atoms with van der Waals surface area (Å²) in [5, 5.41) is 0.802. The van der Waals surface area contributed by atoms with Crippen LogP contribution in [0.25, 0.3) is 0 Å².